The van der Waals surface area contributed by atoms with Crippen molar-refractivity contribution in [3.63, 3.8) is 0 Å². The Morgan fingerprint density at radius 3 is 2.75 bits per heavy atom. The molecule has 0 unspecified atom stereocenters. The number of rotatable bonds is 6. The summed E-state index contributed by atoms with van der Waals surface area (Å²) in [5.74, 6) is 2.87. The molecule has 1 aliphatic rings. The Kier molecular flexibility index (Phi) is 5.35. The Balaban J connectivity index is 1.49. The van der Waals surface area contributed by atoms with E-state index in [1.165, 1.54) is 0 Å². The molecule has 6 nitrogen and oxygen atoms in total. The molecule has 0 amide bonds. The summed E-state index contributed by atoms with van der Waals surface area (Å²) in [6.07, 6.45) is 4.96. The third-order valence-corrected chi connectivity index (χ3v) is 4.43. The topological polar surface area (TPSA) is 57.4 Å². The molecule has 0 atom stereocenters. The fourth-order valence-electron chi connectivity index (χ4n) is 3.07. The molecule has 3 rings (SSSR count). The van der Waals surface area contributed by atoms with Crippen LogP contribution in [0.5, 0.6) is 0 Å². The van der Waals surface area contributed by atoms with Gasteiger partial charge < -0.3 is 19.5 Å². The van der Waals surface area contributed by atoms with E-state index in [-0.39, 0.29) is 0 Å². The van der Waals surface area contributed by atoms with Gasteiger partial charge in [-0.05, 0) is 31.9 Å². The van der Waals surface area contributed by atoms with E-state index in [0.717, 1.165) is 62.1 Å². The predicted octanol–water partition coefficient (Wildman–Crippen LogP) is 2.25. The quantitative estimate of drug-likeness (QED) is 0.877. The molecule has 3 heterocycles. The van der Waals surface area contributed by atoms with Gasteiger partial charge in [-0.3, -0.25) is 0 Å². The van der Waals surface area contributed by atoms with Crippen molar-refractivity contribution in [1.29, 1.82) is 0 Å². The number of nitrogens with one attached hydrogen (secondary N) is 1. The summed E-state index contributed by atoms with van der Waals surface area (Å²) in [7, 11) is 3.96. The van der Waals surface area contributed by atoms with Crippen LogP contribution in [-0.4, -0.2) is 49.7 Å². The second kappa shape index (κ2) is 7.66. The fraction of sp³-hybridized carbons (Fsp3) is 0.556. The van der Waals surface area contributed by atoms with Crippen LogP contribution >= 0.6 is 0 Å². The largest absolute Gasteiger partial charge is 0.469 e. The van der Waals surface area contributed by atoms with Crippen molar-refractivity contribution in [2.24, 2.45) is 0 Å². The molecule has 0 radical (unpaired) electrons. The van der Waals surface area contributed by atoms with Gasteiger partial charge in [0.2, 0.25) is 5.95 Å². The van der Waals surface area contributed by atoms with Gasteiger partial charge in [0.25, 0.3) is 0 Å². The normalized spacial score (nSPS) is 15.7. The highest BCUT2D eigenvalue weighted by atomic mass is 16.3. The number of hydrogen-bond donors (Lipinski definition) is 1. The number of aryl methyl sites for hydroxylation is 1. The van der Waals surface area contributed by atoms with Crippen molar-refractivity contribution in [1.82, 2.24) is 15.3 Å². The molecule has 0 bridgehead atoms. The molecule has 0 aliphatic carbocycles. The molecular formula is C18H27N5O. The second-order valence-electron chi connectivity index (χ2n) is 6.61. The van der Waals surface area contributed by atoms with Crippen LogP contribution in [0.25, 0.3) is 0 Å². The summed E-state index contributed by atoms with van der Waals surface area (Å²) in [6, 6.07) is 6.63. The van der Waals surface area contributed by atoms with E-state index in [9.17, 15) is 0 Å². The number of aromatic nitrogens is 2. The van der Waals surface area contributed by atoms with Crippen molar-refractivity contribution >= 4 is 11.8 Å². The van der Waals surface area contributed by atoms with Crippen molar-refractivity contribution in [3.8, 4) is 0 Å². The smallest absolute Gasteiger partial charge is 0.226 e. The maximum Gasteiger partial charge on any atom is 0.226 e. The Bertz CT molecular complexity index is 633. The third-order valence-electron chi connectivity index (χ3n) is 4.43. The van der Waals surface area contributed by atoms with Gasteiger partial charge in [-0.1, -0.05) is 0 Å². The van der Waals surface area contributed by atoms with Crippen LogP contribution in [-0.2, 0) is 6.42 Å². The van der Waals surface area contributed by atoms with Crippen molar-refractivity contribution in [2.75, 3.05) is 43.5 Å². The van der Waals surface area contributed by atoms with Gasteiger partial charge in [-0.15, -0.1) is 0 Å². The Hall–Kier alpha value is -2.08. The fourth-order valence-corrected chi connectivity index (χ4v) is 3.07. The first kappa shape index (κ1) is 16.8. The van der Waals surface area contributed by atoms with Gasteiger partial charge in [0, 0.05) is 58.0 Å². The molecule has 0 spiro atoms. The summed E-state index contributed by atoms with van der Waals surface area (Å²) in [5.41, 5.74) is 1.02. The van der Waals surface area contributed by atoms with Crippen LogP contribution in [0.2, 0.25) is 0 Å². The number of furan rings is 1. The average Bonchev–Trinajstić information content (AvgIpc) is 3.08. The number of anilines is 2. The maximum absolute atomic E-state index is 5.37. The van der Waals surface area contributed by atoms with Crippen LogP contribution in [0.15, 0.2) is 28.9 Å². The molecule has 1 N–H and O–H groups in total. The van der Waals surface area contributed by atoms with E-state index in [1.54, 1.807) is 6.26 Å². The van der Waals surface area contributed by atoms with Gasteiger partial charge in [0.05, 0.1) is 6.26 Å². The lowest BCUT2D eigenvalue weighted by molar-refractivity contribution is 0.406. The second-order valence-corrected chi connectivity index (χ2v) is 6.61. The summed E-state index contributed by atoms with van der Waals surface area (Å²) in [6.45, 7) is 5.06. The molecular weight excluding hydrogens is 302 g/mol. The standard InChI is InChI=1S/C18H27N5O/c1-14-13-17(21-18(20-14)22(2)3)23-10-7-15(8-11-23)19-9-6-16-5-4-12-24-16/h4-5,12-13,15,19H,6-11H2,1-3H3. The van der Waals surface area contributed by atoms with Gasteiger partial charge >= 0.3 is 0 Å². The molecule has 1 fully saturated rings. The number of nitrogens with zero attached hydrogens (tertiary/aromatic N) is 4. The first-order valence-corrected chi connectivity index (χ1v) is 8.65. The highest BCUT2D eigenvalue weighted by Crippen LogP contribution is 2.20. The lowest BCUT2D eigenvalue weighted by Gasteiger charge is -2.33. The van der Waals surface area contributed by atoms with Crippen LogP contribution in [0.3, 0.4) is 0 Å². The first-order valence-electron chi connectivity index (χ1n) is 8.65. The Labute approximate surface area is 143 Å². The summed E-state index contributed by atoms with van der Waals surface area (Å²) < 4.78 is 5.37. The van der Waals surface area contributed by atoms with Gasteiger partial charge in [-0.25, -0.2) is 4.98 Å². The minimum Gasteiger partial charge on any atom is -0.469 e. The lowest BCUT2D eigenvalue weighted by atomic mass is 10.0. The number of hydrogen-bond acceptors (Lipinski definition) is 6. The van der Waals surface area contributed by atoms with Crippen LogP contribution in [0.4, 0.5) is 11.8 Å². The average molecular weight is 329 g/mol. The SMILES string of the molecule is Cc1cc(N2CCC(NCCc3ccco3)CC2)nc(N(C)C)n1. The van der Waals surface area contributed by atoms with E-state index in [0.29, 0.717) is 6.04 Å². The van der Waals surface area contributed by atoms with E-state index < -0.39 is 0 Å². The zero-order valence-electron chi connectivity index (χ0n) is 14.8. The summed E-state index contributed by atoms with van der Waals surface area (Å²) in [4.78, 5) is 13.5. The Morgan fingerprint density at radius 1 is 1.29 bits per heavy atom. The molecule has 2 aromatic rings. The zero-order chi connectivity index (χ0) is 16.9. The maximum atomic E-state index is 5.37. The van der Waals surface area contributed by atoms with Crippen molar-refractivity contribution in [3.05, 3.63) is 35.9 Å². The lowest BCUT2D eigenvalue weighted by Crippen LogP contribution is -2.43. The van der Waals surface area contributed by atoms with E-state index in [1.807, 2.05) is 38.1 Å². The molecule has 24 heavy (non-hydrogen) atoms. The zero-order valence-corrected chi connectivity index (χ0v) is 14.8. The molecule has 0 aromatic carbocycles. The van der Waals surface area contributed by atoms with Crippen LogP contribution in [0, 0.1) is 6.92 Å². The predicted molar refractivity (Wildman–Crippen MR) is 96.7 cm³/mol. The van der Waals surface area contributed by atoms with Crippen LogP contribution in [0.1, 0.15) is 24.3 Å². The summed E-state index contributed by atoms with van der Waals surface area (Å²) >= 11 is 0. The molecule has 0 saturated carbocycles. The van der Waals surface area contributed by atoms with Crippen molar-refractivity contribution in [2.45, 2.75) is 32.2 Å². The van der Waals surface area contributed by atoms with E-state index >= 15 is 0 Å². The minimum atomic E-state index is 0.576. The van der Waals surface area contributed by atoms with E-state index in [4.69, 9.17) is 4.42 Å². The molecule has 2 aromatic heterocycles. The van der Waals surface area contributed by atoms with Crippen LogP contribution < -0.4 is 15.1 Å². The number of piperidine rings is 1. The monoisotopic (exact) mass is 329 g/mol. The molecule has 1 saturated heterocycles. The Morgan fingerprint density at radius 2 is 2.08 bits per heavy atom. The highest BCUT2D eigenvalue weighted by Gasteiger charge is 2.20. The van der Waals surface area contributed by atoms with Gasteiger partial charge in [0.1, 0.15) is 11.6 Å². The van der Waals surface area contributed by atoms with E-state index in [2.05, 4.69) is 26.3 Å². The molecule has 1 aliphatic heterocycles. The highest BCUT2D eigenvalue weighted by molar-refractivity contribution is 5.45. The molecule has 130 valence electrons. The van der Waals surface area contributed by atoms with Gasteiger partial charge in [-0.2, -0.15) is 4.98 Å². The molecule has 6 heteroatoms. The summed E-state index contributed by atoms with van der Waals surface area (Å²) in [5, 5.41) is 3.65. The first-order chi connectivity index (χ1) is 11.6. The van der Waals surface area contributed by atoms with Gasteiger partial charge in [0.15, 0.2) is 0 Å². The third kappa shape index (κ3) is 4.26. The van der Waals surface area contributed by atoms with Crippen molar-refractivity contribution < 1.29 is 4.42 Å². The minimum absolute atomic E-state index is 0.576.